The molecule has 0 saturated heterocycles. The van der Waals surface area contributed by atoms with E-state index in [1.165, 1.54) is 31.2 Å². The lowest BCUT2D eigenvalue weighted by atomic mass is 9.41. The number of carbonyl (C=O) groups excluding carboxylic acids is 1. The van der Waals surface area contributed by atoms with E-state index in [-0.39, 0.29) is 34.5 Å². The molecule has 10 atom stereocenters. The largest absolute Gasteiger partial charge is 0.449 e. The minimum atomic E-state index is -0.379. The van der Waals surface area contributed by atoms with E-state index in [2.05, 4.69) is 59.0 Å². The molecule has 5 nitrogen and oxygen atoms in total. The van der Waals surface area contributed by atoms with Crippen molar-refractivity contribution in [3.05, 3.63) is 29.8 Å². The molecule has 0 aromatic heterocycles. The number of rotatable bonds is 6. The van der Waals surface area contributed by atoms with Gasteiger partial charge in [-0.2, -0.15) is 0 Å². The van der Waals surface area contributed by atoms with Crippen LogP contribution in [0.1, 0.15) is 111 Å². The van der Waals surface area contributed by atoms with Crippen molar-refractivity contribution in [1.29, 1.82) is 0 Å². The molecule has 1 aromatic rings. The highest BCUT2D eigenvalue weighted by atomic mass is 16.5. The molecule has 0 unspecified atom stereocenters. The maximum Gasteiger partial charge on any atom is 0.411 e. The van der Waals surface area contributed by atoms with Crippen molar-refractivity contribution in [1.82, 2.24) is 0 Å². The van der Waals surface area contributed by atoms with Crippen molar-refractivity contribution < 1.29 is 19.7 Å². The van der Waals surface area contributed by atoms with Gasteiger partial charge in [-0.3, -0.25) is 5.32 Å². The Hall–Kier alpha value is -1.59. The molecule has 40 heavy (non-hydrogen) atoms. The first-order valence-corrected chi connectivity index (χ1v) is 16.3. The van der Waals surface area contributed by atoms with Gasteiger partial charge in [-0.05, 0) is 127 Å². The molecule has 224 valence electrons. The minimum absolute atomic E-state index is 0.0841. The molecule has 3 N–H and O–H groups in total. The van der Waals surface area contributed by atoms with Crippen LogP contribution in [0.3, 0.4) is 0 Å². The maximum atomic E-state index is 12.4. The molecule has 0 radical (unpaired) electrons. The van der Waals surface area contributed by atoms with Crippen LogP contribution in [0.15, 0.2) is 24.3 Å². The van der Waals surface area contributed by atoms with Gasteiger partial charge < -0.3 is 14.9 Å². The Bertz CT molecular complexity index is 1030. The summed E-state index contributed by atoms with van der Waals surface area (Å²) in [6.45, 7) is 14.2. The van der Waals surface area contributed by atoms with Crippen molar-refractivity contribution in [2.75, 3.05) is 11.9 Å². The van der Waals surface area contributed by atoms with E-state index in [4.69, 9.17) is 4.74 Å². The molecule has 5 heteroatoms. The first-order valence-electron chi connectivity index (χ1n) is 16.3. The van der Waals surface area contributed by atoms with Crippen molar-refractivity contribution >= 4 is 11.8 Å². The molecule has 4 fully saturated rings. The Kier molecular flexibility index (Phi) is 8.40. The lowest BCUT2D eigenvalue weighted by Gasteiger charge is -2.64. The molecule has 4 saturated carbocycles. The molecule has 5 rings (SSSR count). The van der Waals surface area contributed by atoms with Gasteiger partial charge in [-0.15, -0.1) is 0 Å². The minimum Gasteiger partial charge on any atom is -0.449 e. The molecule has 0 aliphatic heterocycles. The summed E-state index contributed by atoms with van der Waals surface area (Å²) in [5.41, 5.74) is 2.59. The molecule has 0 spiro atoms. The van der Waals surface area contributed by atoms with E-state index < -0.39 is 0 Å². The molecule has 4 aliphatic rings. The number of ether oxygens (including phenoxy) is 1. The van der Waals surface area contributed by atoms with Crippen LogP contribution in [0.5, 0.6) is 0 Å². The second-order valence-corrected chi connectivity index (χ2v) is 15.4. The van der Waals surface area contributed by atoms with E-state index in [1.54, 1.807) is 0 Å². The van der Waals surface area contributed by atoms with Gasteiger partial charge in [0, 0.05) is 5.69 Å². The molecule has 4 aliphatic carbocycles. The fourth-order valence-electron chi connectivity index (χ4n) is 10.2. The first kappa shape index (κ1) is 29.9. The number of nitrogens with one attached hydrogen (secondary N) is 1. The quantitative estimate of drug-likeness (QED) is 0.313. The van der Waals surface area contributed by atoms with E-state index >= 15 is 0 Å². The summed E-state index contributed by atoms with van der Waals surface area (Å²) in [6.07, 6.45) is 9.93. The number of aliphatic hydroxyl groups excluding tert-OH is 2. The summed E-state index contributed by atoms with van der Waals surface area (Å²) in [5, 5.41) is 25.2. The Morgan fingerprint density at radius 1 is 0.975 bits per heavy atom. The van der Waals surface area contributed by atoms with Crippen LogP contribution in [0.2, 0.25) is 0 Å². The van der Waals surface area contributed by atoms with E-state index in [0.29, 0.717) is 42.1 Å². The van der Waals surface area contributed by atoms with Crippen LogP contribution >= 0.6 is 0 Å². The number of fused-ring (bicyclic) bond motifs is 5. The molecule has 0 bridgehead atoms. The van der Waals surface area contributed by atoms with E-state index in [0.717, 1.165) is 44.2 Å². The van der Waals surface area contributed by atoms with Gasteiger partial charge in [0.25, 0.3) is 0 Å². The Morgan fingerprint density at radius 3 is 2.33 bits per heavy atom. The van der Waals surface area contributed by atoms with Gasteiger partial charge in [-0.1, -0.05) is 60.1 Å². The number of amides is 1. The zero-order chi connectivity index (χ0) is 28.9. The Balaban J connectivity index is 1.16. The van der Waals surface area contributed by atoms with Gasteiger partial charge >= 0.3 is 6.09 Å². The van der Waals surface area contributed by atoms with Gasteiger partial charge in [0.1, 0.15) is 0 Å². The van der Waals surface area contributed by atoms with Gasteiger partial charge in [0.15, 0.2) is 0 Å². The van der Waals surface area contributed by atoms with E-state index in [9.17, 15) is 15.0 Å². The van der Waals surface area contributed by atoms with Crippen LogP contribution in [-0.2, 0) is 10.2 Å². The number of aliphatic hydroxyl groups is 2. The Morgan fingerprint density at radius 2 is 1.65 bits per heavy atom. The number of hydrogen-bond donors (Lipinski definition) is 3. The molecule has 0 heterocycles. The average Bonchev–Trinajstić information content (AvgIpc) is 3.24. The van der Waals surface area contributed by atoms with Crippen LogP contribution < -0.4 is 5.32 Å². The van der Waals surface area contributed by atoms with Crippen LogP contribution in [0.4, 0.5) is 10.5 Å². The molecule has 1 amide bonds. The second-order valence-electron chi connectivity index (χ2n) is 15.4. The number of hydrogen-bond acceptors (Lipinski definition) is 4. The predicted molar refractivity (Wildman–Crippen MR) is 161 cm³/mol. The topological polar surface area (TPSA) is 78.8 Å². The highest BCUT2D eigenvalue weighted by Crippen LogP contribution is 2.69. The highest BCUT2D eigenvalue weighted by molar-refractivity contribution is 5.84. The standard InChI is InChI=1S/C35H55NO4/c1-7-26-29-21-25(37)16-18-35(29,6)28-17-19-34(5)23(12-15-27(34)30(28)31(26)38)9-8-20-40-32(39)36-24-13-10-22(11-14-24)33(2,3)4/h10-11,13-14,23,25-31,37-38H,7-9,12,15-21H2,1-6H3,(H,36,39)/t23-,25+,26+,27-,28-,29-,30-,31+,34+,35+/m0/s1. The maximum absolute atomic E-state index is 12.4. The Labute approximate surface area is 242 Å². The molecule has 1 aromatic carbocycles. The fraction of sp³-hybridized carbons (Fsp3) is 0.800. The lowest BCUT2D eigenvalue weighted by Crippen LogP contribution is -2.62. The van der Waals surface area contributed by atoms with Gasteiger partial charge in [0.05, 0.1) is 18.8 Å². The van der Waals surface area contributed by atoms with Crippen molar-refractivity contribution in [2.24, 2.45) is 46.3 Å². The summed E-state index contributed by atoms with van der Waals surface area (Å²) in [6, 6.07) is 8.01. The SMILES string of the molecule is CC[C@H]1[C@@H](O)[C@@H]2[C@H](CC[C@]3(C)[C@@H](CCCOC(=O)Nc4ccc(C(C)(C)C)cc4)CC[C@@H]23)[C@@]2(C)CC[C@@H](O)C[C@@H]12. The van der Waals surface area contributed by atoms with Crippen LogP contribution in [0, 0.1) is 46.3 Å². The normalized spacial score (nSPS) is 41.0. The summed E-state index contributed by atoms with van der Waals surface area (Å²) in [4.78, 5) is 12.4. The van der Waals surface area contributed by atoms with Gasteiger partial charge in [-0.25, -0.2) is 4.79 Å². The predicted octanol–water partition coefficient (Wildman–Crippen LogP) is 7.94. The summed E-state index contributed by atoms with van der Waals surface area (Å²) in [7, 11) is 0. The zero-order valence-electron chi connectivity index (χ0n) is 25.9. The lowest BCUT2D eigenvalue weighted by molar-refractivity contribution is -0.202. The summed E-state index contributed by atoms with van der Waals surface area (Å²) in [5.74, 6) is 2.91. The summed E-state index contributed by atoms with van der Waals surface area (Å²) < 4.78 is 5.57. The first-order chi connectivity index (χ1) is 18.9. The van der Waals surface area contributed by atoms with Crippen LogP contribution in [-0.4, -0.2) is 35.1 Å². The molecular weight excluding hydrogens is 498 g/mol. The van der Waals surface area contributed by atoms with Crippen molar-refractivity contribution in [3.63, 3.8) is 0 Å². The van der Waals surface area contributed by atoms with E-state index in [1.807, 2.05) is 12.1 Å². The smallest absolute Gasteiger partial charge is 0.411 e. The molecular formula is C35H55NO4. The number of anilines is 1. The average molecular weight is 554 g/mol. The van der Waals surface area contributed by atoms with Crippen molar-refractivity contribution in [3.8, 4) is 0 Å². The zero-order valence-corrected chi connectivity index (χ0v) is 25.9. The second kappa shape index (κ2) is 11.2. The highest BCUT2D eigenvalue weighted by Gasteiger charge is 2.64. The third kappa shape index (κ3) is 5.35. The van der Waals surface area contributed by atoms with Crippen LogP contribution in [0.25, 0.3) is 0 Å². The fourth-order valence-corrected chi connectivity index (χ4v) is 10.2. The third-order valence-corrected chi connectivity index (χ3v) is 12.5. The monoisotopic (exact) mass is 553 g/mol. The number of carbonyl (C=O) groups is 1. The van der Waals surface area contributed by atoms with Crippen molar-refractivity contribution in [2.45, 2.75) is 123 Å². The third-order valence-electron chi connectivity index (χ3n) is 12.5. The van der Waals surface area contributed by atoms with Gasteiger partial charge in [0.2, 0.25) is 0 Å². The summed E-state index contributed by atoms with van der Waals surface area (Å²) >= 11 is 0. The number of benzene rings is 1.